The second-order valence-electron chi connectivity index (χ2n) is 5.72. The van der Waals surface area contributed by atoms with Crippen LogP contribution in [0.4, 0.5) is 10.6 Å². The van der Waals surface area contributed by atoms with E-state index in [1.54, 1.807) is 4.90 Å². The lowest BCUT2D eigenvalue weighted by Gasteiger charge is -2.39. The van der Waals surface area contributed by atoms with Gasteiger partial charge >= 0.3 is 6.09 Å². The minimum Gasteiger partial charge on any atom is -0.444 e. The van der Waals surface area contributed by atoms with Crippen molar-refractivity contribution in [1.82, 2.24) is 14.7 Å². The number of anilines is 1. The minimum atomic E-state index is -0.450. The molecule has 1 fully saturated rings. The van der Waals surface area contributed by atoms with Crippen LogP contribution in [0.3, 0.4) is 0 Å². The summed E-state index contributed by atoms with van der Waals surface area (Å²) >= 11 is 0. The highest BCUT2D eigenvalue weighted by atomic mass is 16.6. The van der Waals surface area contributed by atoms with Gasteiger partial charge in [0, 0.05) is 24.8 Å². The summed E-state index contributed by atoms with van der Waals surface area (Å²) in [6.45, 7) is 8.74. The van der Waals surface area contributed by atoms with Crippen LogP contribution in [0.25, 0.3) is 0 Å². The SMILES string of the molecule is Cc1cn(C2CN(C(=O)OC(C)(C)C)C2)nc1N. The third-order valence-electron chi connectivity index (χ3n) is 2.84. The Hall–Kier alpha value is -1.72. The standard InChI is InChI=1S/C12H20N4O2/c1-8-5-16(14-10(8)13)9-6-15(7-9)11(17)18-12(2,3)4/h5,9H,6-7H2,1-4H3,(H2,13,14). The van der Waals surface area contributed by atoms with E-state index in [4.69, 9.17) is 10.5 Å². The number of carbonyl (C=O) groups excluding carboxylic acids is 1. The van der Waals surface area contributed by atoms with E-state index in [-0.39, 0.29) is 12.1 Å². The van der Waals surface area contributed by atoms with Crippen molar-refractivity contribution in [3.63, 3.8) is 0 Å². The Morgan fingerprint density at radius 2 is 2.11 bits per heavy atom. The van der Waals surface area contributed by atoms with Crippen molar-refractivity contribution in [1.29, 1.82) is 0 Å². The second kappa shape index (κ2) is 4.19. The topological polar surface area (TPSA) is 73.4 Å². The molecule has 0 unspecified atom stereocenters. The monoisotopic (exact) mass is 252 g/mol. The molecule has 6 nitrogen and oxygen atoms in total. The molecule has 2 heterocycles. The molecule has 0 aliphatic carbocycles. The molecule has 100 valence electrons. The fourth-order valence-electron chi connectivity index (χ4n) is 1.78. The van der Waals surface area contributed by atoms with E-state index < -0.39 is 5.60 Å². The molecule has 6 heteroatoms. The van der Waals surface area contributed by atoms with E-state index in [2.05, 4.69) is 5.10 Å². The van der Waals surface area contributed by atoms with Crippen LogP contribution in [-0.4, -0.2) is 39.5 Å². The largest absolute Gasteiger partial charge is 0.444 e. The molecule has 1 amide bonds. The molecule has 2 rings (SSSR count). The smallest absolute Gasteiger partial charge is 0.410 e. The summed E-state index contributed by atoms with van der Waals surface area (Å²) in [5.41, 5.74) is 6.21. The number of hydrogen-bond donors (Lipinski definition) is 1. The molecule has 1 aromatic rings. The van der Waals surface area contributed by atoms with Crippen LogP contribution in [-0.2, 0) is 4.74 Å². The van der Waals surface area contributed by atoms with Gasteiger partial charge < -0.3 is 15.4 Å². The first kappa shape index (κ1) is 12.7. The molecule has 0 saturated carbocycles. The average Bonchev–Trinajstić information content (AvgIpc) is 2.40. The van der Waals surface area contributed by atoms with Gasteiger partial charge in [0.15, 0.2) is 0 Å². The summed E-state index contributed by atoms with van der Waals surface area (Å²) in [5, 5.41) is 4.22. The Bertz CT molecular complexity index is 436. The maximum absolute atomic E-state index is 11.7. The van der Waals surface area contributed by atoms with Gasteiger partial charge in [-0.1, -0.05) is 0 Å². The molecule has 1 aliphatic heterocycles. The summed E-state index contributed by atoms with van der Waals surface area (Å²) in [6, 6.07) is 0.202. The molecular formula is C12H20N4O2. The average molecular weight is 252 g/mol. The summed E-state index contributed by atoms with van der Waals surface area (Å²) in [7, 11) is 0. The lowest BCUT2D eigenvalue weighted by Crippen LogP contribution is -2.52. The number of ether oxygens (including phenoxy) is 1. The van der Waals surface area contributed by atoms with Gasteiger partial charge in [-0.2, -0.15) is 5.10 Å². The van der Waals surface area contributed by atoms with Gasteiger partial charge in [0.2, 0.25) is 0 Å². The number of hydrogen-bond acceptors (Lipinski definition) is 4. The lowest BCUT2D eigenvalue weighted by atomic mass is 10.1. The Balaban J connectivity index is 1.89. The Morgan fingerprint density at radius 1 is 1.50 bits per heavy atom. The van der Waals surface area contributed by atoms with Gasteiger partial charge in [-0.25, -0.2) is 4.79 Å². The molecular weight excluding hydrogens is 232 g/mol. The van der Waals surface area contributed by atoms with E-state index in [0.717, 1.165) is 5.56 Å². The van der Waals surface area contributed by atoms with Crippen LogP contribution < -0.4 is 5.73 Å². The molecule has 0 atom stereocenters. The van der Waals surface area contributed by atoms with Gasteiger partial charge in [-0.15, -0.1) is 0 Å². The zero-order chi connectivity index (χ0) is 13.5. The highest BCUT2D eigenvalue weighted by molar-refractivity contribution is 5.69. The minimum absolute atomic E-state index is 0.202. The van der Waals surface area contributed by atoms with Gasteiger partial charge in [0.25, 0.3) is 0 Å². The van der Waals surface area contributed by atoms with Crippen molar-refractivity contribution < 1.29 is 9.53 Å². The maximum Gasteiger partial charge on any atom is 0.410 e. The zero-order valence-electron chi connectivity index (χ0n) is 11.3. The number of nitrogen functional groups attached to an aromatic ring is 1. The summed E-state index contributed by atoms with van der Waals surface area (Å²) in [5.74, 6) is 0.547. The van der Waals surface area contributed by atoms with Crippen LogP contribution in [0, 0.1) is 6.92 Å². The van der Waals surface area contributed by atoms with Gasteiger partial charge in [0.05, 0.1) is 6.04 Å². The molecule has 0 aromatic carbocycles. The first-order chi connectivity index (χ1) is 8.26. The predicted molar refractivity (Wildman–Crippen MR) is 68.2 cm³/mol. The van der Waals surface area contributed by atoms with Crippen LogP contribution in [0.15, 0.2) is 6.20 Å². The Labute approximate surface area is 107 Å². The second-order valence-corrected chi connectivity index (χ2v) is 5.72. The van der Waals surface area contributed by atoms with Crippen LogP contribution in [0.1, 0.15) is 32.4 Å². The van der Waals surface area contributed by atoms with E-state index in [1.807, 2.05) is 38.6 Å². The number of amides is 1. The molecule has 0 bridgehead atoms. The summed E-state index contributed by atoms with van der Waals surface area (Å²) in [6.07, 6.45) is 1.64. The number of aromatic nitrogens is 2. The fourth-order valence-corrected chi connectivity index (χ4v) is 1.78. The Morgan fingerprint density at radius 3 is 2.56 bits per heavy atom. The number of carbonyl (C=O) groups is 1. The number of likely N-dealkylation sites (tertiary alicyclic amines) is 1. The molecule has 18 heavy (non-hydrogen) atoms. The molecule has 1 aromatic heterocycles. The third kappa shape index (κ3) is 2.57. The number of aryl methyl sites for hydroxylation is 1. The van der Waals surface area contributed by atoms with E-state index >= 15 is 0 Å². The molecule has 0 spiro atoms. The first-order valence-corrected chi connectivity index (χ1v) is 6.05. The van der Waals surface area contributed by atoms with Gasteiger partial charge in [-0.05, 0) is 27.7 Å². The molecule has 1 saturated heterocycles. The van der Waals surface area contributed by atoms with Crippen LogP contribution in [0.2, 0.25) is 0 Å². The Kier molecular flexibility index (Phi) is 2.96. The molecule has 0 radical (unpaired) electrons. The van der Waals surface area contributed by atoms with Crippen LogP contribution >= 0.6 is 0 Å². The van der Waals surface area contributed by atoms with E-state index in [0.29, 0.717) is 18.9 Å². The first-order valence-electron chi connectivity index (χ1n) is 6.05. The summed E-state index contributed by atoms with van der Waals surface area (Å²) in [4.78, 5) is 13.4. The number of nitrogens with two attached hydrogens (primary N) is 1. The highest BCUT2D eigenvalue weighted by Gasteiger charge is 2.35. The lowest BCUT2D eigenvalue weighted by molar-refractivity contribution is -0.000347. The van der Waals surface area contributed by atoms with Crippen molar-refractivity contribution >= 4 is 11.9 Å². The van der Waals surface area contributed by atoms with Gasteiger partial charge in [-0.3, -0.25) is 4.68 Å². The van der Waals surface area contributed by atoms with Crippen molar-refractivity contribution in [3.05, 3.63) is 11.8 Å². The van der Waals surface area contributed by atoms with E-state index in [9.17, 15) is 4.79 Å². The fraction of sp³-hybridized carbons (Fsp3) is 0.667. The maximum atomic E-state index is 11.7. The van der Waals surface area contributed by atoms with Crippen molar-refractivity contribution in [2.75, 3.05) is 18.8 Å². The van der Waals surface area contributed by atoms with Crippen molar-refractivity contribution in [3.8, 4) is 0 Å². The zero-order valence-corrected chi connectivity index (χ0v) is 11.3. The van der Waals surface area contributed by atoms with Crippen molar-refractivity contribution in [2.24, 2.45) is 0 Å². The third-order valence-corrected chi connectivity index (χ3v) is 2.84. The quantitative estimate of drug-likeness (QED) is 0.823. The van der Waals surface area contributed by atoms with Crippen LogP contribution in [0.5, 0.6) is 0 Å². The molecule has 1 aliphatic rings. The predicted octanol–water partition coefficient (Wildman–Crippen LogP) is 1.57. The number of rotatable bonds is 1. The number of nitrogens with zero attached hydrogens (tertiary/aromatic N) is 3. The van der Waals surface area contributed by atoms with Gasteiger partial charge in [0.1, 0.15) is 11.4 Å². The normalized spacial score (nSPS) is 16.6. The summed E-state index contributed by atoms with van der Waals surface area (Å²) < 4.78 is 7.11. The highest BCUT2D eigenvalue weighted by Crippen LogP contribution is 2.24. The molecule has 2 N–H and O–H groups in total. The van der Waals surface area contributed by atoms with E-state index in [1.165, 1.54) is 0 Å². The van der Waals surface area contributed by atoms with Crippen molar-refractivity contribution in [2.45, 2.75) is 39.3 Å².